The third-order valence-electron chi connectivity index (χ3n) is 4.24. The zero-order chi connectivity index (χ0) is 15.4. The average molecular weight is 296 g/mol. The van der Waals surface area contributed by atoms with Crippen LogP contribution in [0.4, 0.5) is 11.5 Å². The Labute approximate surface area is 123 Å². The highest BCUT2D eigenvalue weighted by Gasteiger charge is 2.23. The fourth-order valence-electron chi connectivity index (χ4n) is 2.93. The van der Waals surface area contributed by atoms with E-state index in [2.05, 4.69) is 17.2 Å². The summed E-state index contributed by atoms with van der Waals surface area (Å²) in [7, 11) is 1.55. The van der Waals surface area contributed by atoms with Crippen molar-refractivity contribution in [2.75, 3.05) is 24.8 Å². The van der Waals surface area contributed by atoms with Crippen molar-refractivity contribution in [2.24, 2.45) is 5.92 Å². The number of nitrogens with one attached hydrogen (secondary N) is 2. The van der Waals surface area contributed by atoms with Gasteiger partial charge in [0.2, 0.25) is 0 Å². The van der Waals surface area contributed by atoms with Crippen molar-refractivity contribution in [3.8, 4) is 0 Å². The van der Waals surface area contributed by atoms with E-state index in [1.807, 2.05) is 0 Å². The lowest BCUT2D eigenvalue weighted by Crippen LogP contribution is -2.37. The number of anilines is 2. The summed E-state index contributed by atoms with van der Waals surface area (Å²) in [6.07, 6.45) is 4.79. The molecule has 1 aliphatic carbocycles. The Morgan fingerprint density at radius 2 is 2.10 bits per heavy atom. The number of H-pyrrole nitrogens is 1. The van der Waals surface area contributed by atoms with Crippen molar-refractivity contribution in [3.05, 3.63) is 20.8 Å². The van der Waals surface area contributed by atoms with Gasteiger partial charge in [0.25, 0.3) is 5.56 Å². The standard InChI is InChI=1S/C14H24N4O3/c1-9(10-5-3-4-6-10)16-11-12(15)18(7-8-21-2)14(20)17-13(11)19/h9-10,16H,3-8,15H2,1-2H3,(H,17,19,20). The first kappa shape index (κ1) is 15.6. The summed E-state index contributed by atoms with van der Waals surface area (Å²) >= 11 is 0. The van der Waals surface area contributed by atoms with Crippen LogP contribution in [-0.2, 0) is 11.3 Å². The van der Waals surface area contributed by atoms with Crippen LogP contribution in [0, 0.1) is 5.92 Å². The zero-order valence-corrected chi connectivity index (χ0v) is 12.6. The molecule has 1 saturated carbocycles. The monoisotopic (exact) mass is 296 g/mol. The molecule has 0 aliphatic heterocycles. The molecule has 0 bridgehead atoms. The number of methoxy groups -OCH3 is 1. The smallest absolute Gasteiger partial charge is 0.330 e. The van der Waals surface area contributed by atoms with E-state index in [0.29, 0.717) is 19.1 Å². The van der Waals surface area contributed by atoms with Crippen LogP contribution in [-0.4, -0.2) is 29.3 Å². The molecule has 2 rings (SSSR count). The molecule has 4 N–H and O–H groups in total. The van der Waals surface area contributed by atoms with Gasteiger partial charge in [-0.2, -0.15) is 0 Å². The number of nitrogens with two attached hydrogens (primary N) is 1. The van der Waals surface area contributed by atoms with Gasteiger partial charge in [0.1, 0.15) is 11.5 Å². The number of aromatic amines is 1. The summed E-state index contributed by atoms with van der Waals surface area (Å²) in [6.45, 7) is 2.72. The topological polar surface area (TPSA) is 102 Å². The predicted octanol–water partition coefficient (Wildman–Crippen LogP) is 0.756. The maximum atomic E-state index is 12.0. The van der Waals surface area contributed by atoms with Gasteiger partial charge >= 0.3 is 5.69 Å². The van der Waals surface area contributed by atoms with E-state index in [-0.39, 0.29) is 17.5 Å². The fraction of sp³-hybridized carbons (Fsp3) is 0.714. The second-order valence-electron chi connectivity index (χ2n) is 5.64. The average Bonchev–Trinajstić information content (AvgIpc) is 2.97. The van der Waals surface area contributed by atoms with E-state index < -0.39 is 11.2 Å². The van der Waals surface area contributed by atoms with Crippen LogP contribution in [0.1, 0.15) is 32.6 Å². The van der Waals surface area contributed by atoms with Gasteiger partial charge in [-0.15, -0.1) is 0 Å². The van der Waals surface area contributed by atoms with Gasteiger partial charge in [-0.3, -0.25) is 14.3 Å². The van der Waals surface area contributed by atoms with Crippen LogP contribution < -0.4 is 22.3 Å². The Morgan fingerprint density at radius 1 is 1.43 bits per heavy atom. The van der Waals surface area contributed by atoms with Crippen molar-refractivity contribution in [1.82, 2.24) is 9.55 Å². The minimum Gasteiger partial charge on any atom is -0.383 e. The normalized spacial score (nSPS) is 17.0. The molecule has 1 unspecified atom stereocenters. The largest absolute Gasteiger partial charge is 0.383 e. The number of hydrogen-bond acceptors (Lipinski definition) is 5. The molecule has 0 saturated heterocycles. The minimum absolute atomic E-state index is 0.157. The SMILES string of the molecule is COCCn1c(N)c(NC(C)C2CCCC2)c(=O)[nH]c1=O. The van der Waals surface area contributed by atoms with Gasteiger partial charge in [-0.05, 0) is 25.7 Å². The first-order chi connectivity index (χ1) is 10.0. The maximum Gasteiger partial charge on any atom is 0.330 e. The maximum absolute atomic E-state index is 12.0. The Kier molecular flexibility index (Phi) is 5.06. The lowest BCUT2D eigenvalue weighted by atomic mass is 10.00. The van der Waals surface area contributed by atoms with E-state index in [1.54, 1.807) is 7.11 Å². The second-order valence-corrected chi connectivity index (χ2v) is 5.64. The molecule has 0 radical (unpaired) electrons. The molecular weight excluding hydrogens is 272 g/mol. The molecule has 1 fully saturated rings. The molecule has 1 heterocycles. The van der Waals surface area contributed by atoms with Crippen LogP contribution >= 0.6 is 0 Å². The number of nitrogens with zero attached hydrogens (tertiary/aromatic N) is 1. The van der Waals surface area contributed by atoms with Crippen molar-refractivity contribution in [1.29, 1.82) is 0 Å². The van der Waals surface area contributed by atoms with Gasteiger partial charge in [-0.1, -0.05) is 12.8 Å². The molecule has 21 heavy (non-hydrogen) atoms. The lowest BCUT2D eigenvalue weighted by Gasteiger charge is -2.22. The summed E-state index contributed by atoms with van der Waals surface area (Å²) < 4.78 is 6.29. The van der Waals surface area contributed by atoms with Crippen LogP contribution in [0.25, 0.3) is 0 Å². The Hall–Kier alpha value is -1.76. The van der Waals surface area contributed by atoms with Gasteiger partial charge in [0, 0.05) is 13.2 Å². The van der Waals surface area contributed by atoms with E-state index in [0.717, 1.165) is 12.8 Å². The summed E-state index contributed by atoms with van der Waals surface area (Å²) in [5.74, 6) is 0.716. The van der Waals surface area contributed by atoms with Crippen LogP contribution in [0.2, 0.25) is 0 Å². The molecule has 7 nitrogen and oxygen atoms in total. The molecular formula is C14H24N4O3. The summed E-state index contributed by atoms with van der Waals surface area (Å²) in [5, 5.41) is 3.20. The minimum atomic E-state index is -0.506. The number of rotatable bonds is 6. The van der Waals surface area contributed by atoms with Crippen LogP contribution in [0.5, 0.6) is 0 Å². The highest BCUT2D eigenvalue weighted by Crippen LogP contribution is 2.29. The first-order valence-electron chi connectivity index (χ1n) is 7.42. The molecule has 0 amide bonds. The van der Waals surface area contributed by atoms with Crippen molar-refractivity contribution < 1.29 is 4.74 Å². The number of hydrogen-bond donors (Lipinski definition) is 3. The molecule has 1 atom stereocenters. The Balaban J connectivity index is 2.25. The van der Waals surface area contributed by atoms with Gasteiger partial charge in [0.05, 0.1) is 13.2 Å². The number of aromatic nitrogens is 2. The quantitative estimate of drug-likeness (QED) is 0.719. The summed E-state index contributed by atoms with van der Waals surface area (Å²) in [6, 6.07) is 0.157. The highest BCUT2D eigenvalue weighted by atomic mass is 16.5. The molecule has 1 aliphatic rings. The fourth-order valence-corrected chi connectivity index (χ4v) is 2.93. The van der Waals surface area contributed by atoms with Crippen molar-refractivity contribution in [3.63, 3.8) is 0 Å². The van der Waals surface area contributed by atoms with Gasteiger partial charge in [-0.25, -0.2) is 4.79 Å². The van der Waals surface area contributed by atoms with E-state index in [9.17, 15) is 9.59 Å². The number of nitrogen functional groups attached to an aromatic ring is 1. The first-order valence-corrected chi connectivity index (χ1v) is 7.42. The Bertz CT molecular complexity index is 587. The highest BCUT2D eigenvalue weighted by molar-refractivity contribution is 5.60. The van der Waals surface area contributed by atoms with Gasteiger partial charge < -0.3 is 15.8 Å². The van der Waals surface area contributed by atoms with E-state index in [1.165, 1.54) is 17.4 Å². The van der Waals surface area contributed by atoms with E-state index >= 15 is 0 Å². The molecule has 0 aromatic carbocycles. The van der Waals surface area contributed by atoms with Crippen molar-refractivity contribution >= 4 is 11.5 Å². The predicted molar refractivity (Wildman–Crippen MR) is 82.7 cm³/mol. The zero-order valence-electron chi connectivity index (χ0n) is 12.6. The molecule has 1 aromatic rings. The molecule has 7 heteroatoms. The van der Waals surface area contributed by atoms with Crippen LogP contribution in [0.15, 0.2) is 9.59 Å². The third kappa shape index (κ3) is 3.47. The molecule has 1 aromatic heterocycles. The van der Waals surface area contributed by atoms with Crippen molar-refractivity contribution in [2.45, 2.75) is 45.2 Å². The number of ether oxygens (including phenoxy) is 1. The van der Waals surface area contributed by atoms with Crippen LogP contribution in [0.3, 0.4) is 0 Å². The molecule has 0 spiro atoms. The third-order valence-corrected chi connectivity index (χ3v) is 4.24. The lowest BCUT2D eigenvalue weighted by molar-refractivity contribution is 0.186. The van der Waals surface area contributed by atoms with E-state index in [4.69, 9.17) is 10.5 Å². The second kappa shape index (κ2) is 6.80. The Morgan fingerprint density at radius 3 is 2.71 bits per heavy atom. The summed E-state index contributed by atoms with van der Waals surface area (Å²) in [4.78, 5) is 26.1. The van der Waals surface area contributed by atoms with Gasteiger partial charge in [0.15, 0.2) is 0 Å². The molecule has 118 valence electrons. The summed E-state index contributed by atoms with van der Waals surface area (Å²) in [5.41, 5.74) is 5.31.